The van der Waals surface area contributed by atoms with E-state index in [1.807, 2.05) is 0 Å². The zero-order chi connectivity index (χ0) is 48.5. The molecule has 388 valence electrons. The molecular weight excluding hydrogens is 821 g/mol. The number of aliphatic imine (C=N–C) groups is 2. The summed E-state index contributed by atoms with van der Waals surface area (Å²) in [5.41, 5.74) is 7.24. The Morgan fingerprint density at radius 3 is 1.01 bits per heavy atom. The van der Waals surface area contributed by atoms with Crippen molar-refractivity contribution in [2.75, 3.05) is 0 Å². The highest BCUT2D eigenvalue weighted by atomic mass is 14.8. The van der Waals surface area contributed by atoms with E-state index in [2.05, 4.69) is 88.4 Å². The number of hydrogen-bond acceptors (Lipinski definition) is 2. The van der Waals surface area contributed by atoms with Gasteiger partial charge in [0.05, 0.1) is 22.8 Å². The van der Waals surface area contributed by atoms with Gasteiger partial charge in [0.15, 0.2) is 0 Å². The molecule has 0 aliphatic heterocycles. The lowest BCUT2D eigenvalue weighted by Gasteiger charge is -2.10. The first-order chi connectivity index (χ1) is 33.7. The topological polar surface area (TPSA) is 24.7 Å². The zero-order valence-electron chi connectivity index (χ0n) is 46.2. The fraction of sp³-hybridized carbons (Fsp3) is 0.758. The number of hydrogen-bond donors (Lipinski definition) is 0. The van der Waals surface area contributed by atoms with Crippen LogP contribution in [0.2, 0.25) is 0 Å². The van der Waals surface area contributed by atoms with Gasteiger partial charge >= 0.3 is 0 Å². The fourth-order valence-corrected chi connectivity index (χ4v) is 10.0. The first kappa shape index (κ1) is 61.6. The van der Waals surface area contributed by atoms with E-state index in [1.165, 1.54) is 274 Å². The number of benzene rings is 2. The van der Waals surface area contributed by atoms with Gasteiger partial charge in [-0.25, -0.2) is 4.99 Å². The van der Waals surface area contributed by atoms with Gasteiger partial charge in [-0.05, 0) is 92.8 Å². The lowest BCUT2D eigenvalue weighted by molar-refractivity contribution is 0.523. The van der Waals surface area contributed by atoms with Gasteiger partial charge in [0.25, 0.3) is 0 Å². The smallest absolute Gasteiger partial charge is 0.0848 e. The minimum absolute atomic E-state index is 0.969. The van der Waals surface area contributed by atoms with Gasteiger partial charge in [-0.3, -0.25) is 4.99 Å². The minimum atomic E-state index is 0.969. The quantitative estimate of drug-likeness (QED) is 0.0466. The molecule has 2 heteroatoms. The molecule has 2 nitrogen and oxygen atoms in total. The maximum Gasteiger partial charge on any atom is 0.0848 e. The molecule has 0 radical (unpaired) electrons. The number of rotatable bonds is 50. The molecule has 0 heterocycles. The van der Waals surface area contributed by atoms with Crippen LogP contribution in [0, 0.1) is 0 Å². The minimum Gasteiger partial charge on any atom is -0.251 e. The molecule has 68 heavy (non-hydrogen) atoms. The third kappa shape index (κ3) is 37.4. The molecule has 0 bridgehead atoms. The van der Waals surface area contributed by atoms with Crippen LogP contribution in [0.15, 0.2) is 70.7 Å². The van der Waals surface area contributed by atoms with Crippen molar-refractivity contribution in [2.24, 2.45) is 9.98 Å². The molecule has 0 aliphatic carbocycles. The average Bonchev–Trinajstić information content (AvgIpc) is 3.35. The fourth-order valence-electron chi connectivity index (χ4n) is 10.0. The molecule has 0 atom stereocenters. The highest BCUT2D eigenvalue weighted by Gasteiger charge is 2.10. The van der Waals surface area contributed by atoms with E-state index < -0.39 is 0 Å². The Morgan fingerprint density at radius 2 is 0.647 bits per heavy atom. The summed E-state index contributed by atoms with van der Waals surface area (Å²) in [6.07, 6.45) is 67.4. The first-order valence-electron chi connectivity index (χ1n) is 30.7. The molecule has 0 aromatic heterocycles. The standard InChI is InChI=1S/C66H114N2/c1-5-9-13-16-19-22-25-26-27-28-29-30-31-32-33-34-35-38-41-44-48-58-66(68-64-56-50-54-62(60-64)52-47-43-40-37-24-21-18-15-11-7-3)65(57-45-12-8-4)67-63-55-49-53-61(59-63)51-46-42-39-36-23-20-17-14-10-6-2/h48-50,53-56,58-60H,5-47,51-52,57H2,1-4H3. The molecule has 2 aromatic carbocycles. The molecular formula is C66H114N2. The second kappa shape index (κ2) is 48.2. The lowest BCUT2D eigenvalue weighted by Crippen LogP contribution is -2.12. The van der Waals surface area contributed by atoms with E-state index in [1.54, 1.807) is 0 Å². The third-order valence-corrected chi connectivity index (χ3v) is 14.5. The van der Waals surface area contributed by atoms with Crippen LogP contribution in [-0.2, 0) is 12.8 Å². The van der Waals surface area contributed by atoms with Gasteiger partial charge in [-0.15, -0.1) is 0 Å². The molecule has 2 rings (SSSR count). The highest BCUT2D eigenvalue weighted by Crippen LogP contribution is 2.23. The largest absolute Gasteiger partial charge is 0.251 e. The van der Waals surface area contributed by atoms with E-state index in [0.29, 0.717) is 0 Å². The SMILES string of the molecule is CCCCCCCCCCCCCCCCCCCCCC=CC(=Nc1cccc(CCCCCCCCCCCC)c1)C(CCCCC)=Nc1cccc(CCCCCCCCCCCC)c1. The summed E-state index contributed by atoms with van der Waals surface area (Å²) in [5.74, 6) is 0. The number of unbranched alkanes of at least 4 members (excludes halogenated alkanes) is 39. The van der Waals surface area contributed by atoms with Crippen molar-refractivity contribution in [1.29, 1.82) is 0 Å². The van der Waals surface area contributed by atoms with E-state index in [-0.39, 0.29) is 0 Å². The van der Waals surface area contributed by atoms with Gasteiger partial charge < -0.3 is 0 Å². The lowest BCUT2D eigenvalue weighted by atomic mass is 10.0. The van der Waals surface area contributed by atoms with Crippen LogP contribution in [0.4, 0.5) is 11.4 Å². The second-order valence-corrected chi connectivity index (χ2v) is 21.3. The molecule has 0 saturated carbocycles. The Balaban J connectivity index is 1.97. The molecule has 0 unspecified atom stereocenters. The van der Waals surface area contributed by atoms with Crippen molar-refractivity contribution < 1.29 is 0 Å². The zero-order valence-corrected chi connectivity index (χ0v) is 46.2. The van der Waals surface area contributed by atoms with Crippen molar-refractivity contribution >= 4 is 22.8 Å². The summed E-state index contributed by atoms with van der Waals surface area (Å²) in [6, 6.07) is 18.3. The Hall–Kier alpha value is -2.48. The number of aryl methyl sites for hydroxylation is 2. The van der Waals surface area contributed by atoms with Crippen LogP contribution in [0.1, 0.15) is 321 Å². The second-order valence-electron chi connectivity index (χ2n) is 21.3. The summed E-state index contributed by atoms with van der Waals surface area (Å²) in [5, 5.41) is 0. The Bertz CT molecular complexity index is 1460. The molecule has 0 fully saturated rings. The number of nitrogens with zero attached hydrogens (tertiary/aromatic N) is 2. The summed E-state index contributed by atoms with van der Waals surface area (Å²) in [4.78, 5) is 10.9. The predicted octanol–water partition coefficient (Wildman–Crippen LogP) is 23.4. The van der Waals surface area contributed by atoms with Gasteiger partial charge in [-0.1, -0.05) is 302 Å². The third-order valence-electron chi connectivity index (χ3n) is 14.5. The van der Waals surface area contributed by atoms with Crippen LogP contribution in [-0.4, -0.2) is 11.4 Å². The Labute approximate surface area is 425 Å². The molecule has 0 aliphatic rings. The summed E-state index contributed by atoms with van der Waals surface area (Å²) in [6.45, 7) is 9.24. The maximum atomic E-state index is 5.46. The van der Waals surface area contributed by atoms with Crippen LogP contribution in [0.5, 0.6) is 0 Å². The molecule has 2 aromatic rings. The molecule has 0 spiro atoms. The van der Waals surface area contributed by atoms with Crippen LogP contribution in [0.25, 0.3) is 0 Å². The Kier molecular flexibility index (Phi) is 43.7. The van der Waals surface area contributed by atoms with E-state index >= 15 is 0 Å². The van der Waals surface area contributed by atoms with Gasteiger partial charge in [0, 0.05) is 0 Å². The molecule has 0 amide bonds. The van der Waals surface area contributed by atoms with Crippen LogP contribution >= 0.6 is 0 Å². The average molecular weight is 936 g/mol. The Morgan fingerprint density at radius 1 is 0.338 bits per heavy atom. The van der Waals surface area contributed by atoms with E-state index in [4.69, 9.17) is 9.98 Å². The summed E-state index contributed by atoms with van der Waals surface area (Å²) in [7, 11) is 0. The molecule has 0 N–H and O–H groups in total. The van der Waals surface area contributed by atoms with Crippen molar-refractivity contribution in [3.63, 3.8) is 0 Å². The van der Waals surface area contributed by atoms with Gasteiger partial charge in [0.1, 0.15) is 0 Å². The van der Waals surface area contributed by atoms with Gasteiger partial charge in [0.2, 0.25) is 0 Å². The molecule has 0 saturated heterocycles. The first-order valence-corrected chi connectivity index (χ1v) is 30.7. The highest BCUT2D eigenvalue weighted by molar-refractivity contribution is 6.47. The van der Waals surface area contributed by atoms with E-state index in [0.717, 1.165) is 54.9 Å². The van der Waals surface area contributed by atoms with E-state index in [9.17, 15) is 0 Å². The van der Waals surface area contributed by atoms with Crippen molar-refractivity contribution in [3.05, 3.63) is 71.8 Å². The van der Waals surface area contributed by atoms with Crippen molar-refractivity contribution in [2.45, 2.75) is 323 Å². The number of allylic oxidation sites excluding steroid dienone is 2. The van der Waals surface area contributed by atoms with Crippen molar-refractivity contribution in [1.82, 2.24) is 0 Å². The summed E-state index contributed by atoms with van der Waals surface area (Å²) >= 11 is 0. The maximum absolute atomic E-state index is 5.46. The normalized spacial score (nSPS) is 12.3. The predicted molar refractivity (Wildman–Crippen MR) is 309 cm³/mol. The van der Waals surface area contributed by atoms with Crippen molar-refractivity contribution in [3.8, 4) is 0 Å². The van der Waals surface area contributed by atoms with Gasteiger partial charge in [-0.2, -0.15) is 0 Å². The van der Waals surface area contributed by atoms with Crippen LogP contribution in [0.3, 0.4) is 0 Å². The van der Waals surface area contributed by atoms with Crippen LogP contribution < -0.4 is 0 Å². The monoisotopic (exact) mass is 935 g/mol. The summed E-state index contributed by atoms with van der Waals surface area (Å²) < 4.78 is 0.